The minimum Gasteiger partial charge on any atom is -0.491 e. The molecule has 0 radical (unpaired) electrons. The van der Waals surface area contributed by atoms with Crippen LogP contribution in [-0.2, 0) is 0 Å². The van der Waals surface area contributed by atoms with E-state index < -0.39 is 5.60 Å². The summed E-state index contributed by atoms with van der Waals surface area (Å²) in [5, 5.41) is 9.93. The molecule has 80 valence electrons. The number of rotatable bonds is 3. The molecule has 1 aliphatic rings. The van der Waals surface area contributed by atoms with E-state index in [4.69, 9.17) is 4.74 Å². The fourth-order valence-electron chi connectivity index (χ4n) is 1.90. The van der Waals surface area contributed by atoms with Gasteiger partial charge in [0.2, 0.25) is 0 Å². The first kappa shape index (κ1) is 10.2. The van der Waals surface area contributed by atoms with Gasteiger partial charge in [-0.1, -0.05) is 24.3 Å². The molecule has 1 fully saturated rings. The van der Waals surface area contributed by atoms with Gasteiger partial charge in [0.25, 0.3) is 0 Å². The Morgan fingerprint density at radius 2 is 2.20 bits per heavy atom. The molecule has 2 nitrogen and oxygen atoms in total. The van der Waals surface area contributed by atoms with E-state index in [1.807, 2.05) is 31.2 Å². The predicted octanol–water partition coefficient (Wildman–Crippen LogP) is 2.45. The maximum atomic E-state index is 9.93. The zero-order chi connectivity index (χ0) is 10.9. The van der Waals surface area contributed by atoms with E-state index in [-0.39, 0.29) is 0 Å². The average Bonchev–Trinajstić information content (AvgIpc) is 2.13. The van der Waals surface area contributed by atoms with Crippen molar-refractivity contribution in [2.75, 3.05) is 6.61 Å². The highest BCUT2D eigenvalue weighted by Crippen LogP contribution is 2.36. The molecule has 15 heavy (non-hydrogen) atoms. The smallest absolute Gasteiger partial charge is 0.119 e. The van der Waals surface area contributed by atoms with E-state index in [2.05, 4.69) is 6.58 Å². The fraction of sp³-hybridized carbons (Fsp3) is 0.385. The molecule has 0 heterocycles. The van der Waals surface area contributed by atoms with Gasteiger partial charge in [-0.3, -0.25) is 0 Å². The van der Waals surface area contributed by atoms with Crippen molar-refractivity contribution in [3.63, 3.8) is 0 Å². The van der Waals surface area contributed by atoms with Crippen molar-refractivity contribution in [3.05, 3.63) is 42.0 Å². The topological polar surface area (TPSA) is 29.5 Å². The molecule has 0 aliphatic heterocycles. The van der Waals surface area contributed by atoms with Gasteiger partial charge in [-0.2, -0.15) is 0 Å². The zero-order valence-corrected chi connectivity index (χ0v) is 8.99. The highest BCUT2D eigenvalue weighted by molar-refractivity contribution is 5.28. The second-order valence-corrected chi connectivity index (χ2v) is 4.43. The van der Waals surface area contributed by atoms with E-state index in [9.17, 15) is 5.11 Å². The van der Waals surface area contributed by atoms with Crippen LogP contribution in [0.15, 0.2) is 36.4 Å². The second-order valence-electron chi connectivity index (χ2n) is 4.43. The summed E-state index contributed by atoms with van der Waals surface area (Å²) in [7, 11) is 0. The van der Waals surface area contributed by atoms with E-state index >= 15 is 0 Å². The van der Waals surface area contributed by atoms with Gasteiger partial charge in [0.15, 0.2) is 0 Å². The van der Waals surface area contributed by atoms with Gasteiger partial charge < -0.3 is 9.84 Å². The summed E-state index contributed by atoms with van der Waals surface area (Å²) >= 11 is 0. The maximum absolute atomic E-state index is 9.93. The number of ether oxygens (including phenoxy) is 1. The minimum atomic E-state index is -0.680. The lowest BCUT2D eigenvalue weighted by Crippen LogP contribution is -2.44. The van der Waals surface area contributed by atoms with Gasteiger partial charge in [0.1, 0.15) is 18.0 Å². The van der Waals surface area contributed by atoms with Crippen LogP contribution < -0.4 is 4.74 Å². The average molecular weight is 204 g/mol. The first-order chi connectivity index (χ1) is 7.07. The van der Waals surface area contributed by atoms with Crippen molar-refractivity contribution >= 4 is 0 Å². The first-order valence-electron chi connectivity index (χ1n) is 5.16. The quantitative estimate of drug-likeness (QED) is 0.766. The van der Waals surface area contributed by atoms with Crippen LogP contribution in [-0.4, -0.2) is 17.3 Å². The lowest BCUT2D eigenvalue weighted by Gasteiger charge is -2.38. The summed E-state index contributed by atoms with van der Waals surface area (Å²) in [6.45, 7) is 6.19. The lowest BCUT2D eigenvalue weighted by molar-refractivity contribution is -0.0360. The molecule has 0 amide bonds. The summed E-state index contributed by atoms with van der Waals surface area (Å²) < 4.78 is 5.55. The predicted molar refractivity (Wildman–Crippen MR) is 60.0 cm³/mol. The lowest BCUT2D eigenvalue weighted by atomic mass is 9.77. The Hall–Kier alpha value is -1.28. The molecule has 0 saturated heterocycles. The molecule has 1 N–H and O–H groups in total. The second kappa shape index (κ2) is 3.70. The number of aryl methyl sites for hydroxylation is 1. The van der Waals surface area contributed by atoms with Crippen molar-refractivity contribution in [2.24, 2.45) is 0 Å². The van der Waals surface area contributed by atoms with Crippen LogP contribution in [0.5, 0.6) is 5.75 Å². The zero-order valence-electron chi connectivity index (χ0n) is 8.99. The summed E-state index contributed by atoms with van der Waals surface area (Å²) in [6.07, 6.45) is 1.33. The molecule has 2 rings (SSSR count). The third-order valence-corrected chi connectivity index (χ3v) is 2.66. The van der Waals surface area contributed by atoms with Crippen LogP contribution in [0.25, 0.3) is 0 Å². The van der Waals surface area contributed by atoms with Crippen molar-refractivity contribution in [2.45, 2.75) is 25.4 Å². The van der Waals surface area contributed by atoms with Crippen molar-refractivity contribution < 1.29 is 9.84 Å². The van der Waals surface area contributed by atoms with Crippen LogP contribution in [0.1, 0.15) is 18.4 Å². The summed E-state index contributed by atoms with van der Waals surface area (Å²) in [5.41, 5.74) is 1.59. The van der Waals surface area contributed by atoms with Gasteiger partial charge >= 0.3 is 0 Å². The number of hydrogen-bond acceptors (Lipinski definition) is 2. The molecule has 0 atom stereocenters. The van der Waals surface area contributed by atoms with E-state index in [0.29, 0.717) is 19.4 Å². The Bertz CT molecular complexity index is 374. The Morgan fingerprint density at radius 1 is 1.47 bits per heavy atom. The Morgan fingerprint density at radius 3 is 2.80 bits per heavy atom. The summed E-state index contributed by atoms with van der Waals surface area (Å²) in [4.78, 5) is 0. The molecule has 0 spiro atoms. The van der Waals surface area contributed by atoms with Crippen LogP contribution in [0.4, 0.5) is 0 Å². The van der Waals surface area contributed by atoms with Crippen LogP contribution >= 0.6 is 0 Å². The molecule has 0 unspecified atom stereocenters. The van der Waals surface area contributed by atoms with Crippen LogP contribution in [0.2, 0.25) is 0 Å². The highest BCUT2D eigenvalue weighted by Gasteiger charge is 2.38. The SMILES string of the molecule is C=C1CC(O)(COc2cccc(C)c2)C1. The molecular formula is C13H16O2. The molecule has 1 aromatic carbocycles. The van der Waals surface area contributed by atoms with Gasteiger partial charge in [-0.05, 0) is 24.6 Å². The van der Waals surface area contributed by atoms with Gasteiger partial charge in [0.05, 0.1) is 0 Å². The fourth-order valence-corrected chi connectivity index (χ4v) is 1.90. The van der Waals surface area contributed by atoms with E-state index in [1.54, 1.807) is 0 Å². The van der Waals surface area contributed by atoms with E-state index in [0.717, 1.165) is 16.9 Å². The van der Waals surface area contributed by atoms with Gasteiger partial charge in [-0.25, -0.2) is 0 Å². The van der Waals surface area contributed by atoms with Crippen molar-refractivity contribution in [1.82, 2.24) is 0 Å². The minimum absolute atomic E-state index is 0.357. The Balaban J connectivity index is 1.91. The monoisotopic (exact) mass is 204 g/mol. The number of aliphatic hydroxyl groups is 1. The van der Waals surface area contributed by atoms with Crippen LogP contribution in [0, 0.1) is 6.92 Å². The third kappa shape index (κ3) is 2.39. The molecule has 1 aliphatic carbocycles. The standard InChI is InChI=1S/C13H16O2/c1-10-4-3-5-12(6-10)15-9-13(14)7-11(2)8-13/h3-6,14H,2,7-9H2,1H3. The number of hydrogen-bond donors (Lipinski definition) is 1. The maximum Gasteiger partial charge on any atom is 0.119 e. The van der Waals surface area contributed by atoms with E-state index in [1.165, 1.54) is 0 Å². The van der Waals surface area contributed by atoms with Crippen LogP contribution in [0.3, 0.4) is 0 Å². The Labute approximate surface area is 90.2 Å². The van der Waals surface area contributed by atoms with Crippen molar-refractivity contribution in [1.29, 1.82) is 0 Å². The highest BCUT2D eigenvalue weighted by atomic mass is 16.5. The molecular weight excluding hydrogens is 188 g/mol. The molecule has 0 bridgehead atoms. The Kier molecular flexibility index (Phi) is 2.53. The summed E-state index contributed by atoms with van der Waals surface area (Å²) in [5.74, 6) is 0.820. The molecule has 1 saturated carbocycles. The molecule has 0 aromatic heterocycles. The van der Waals surface area contributed by atoms with Crippen molar-refractivity contribution in [3.8, 4) is 5.75 Å². The van der Waals surface area contributed by atoms with Gasteiger partial charge in [0, 0.05) is 12.8 Å². The summed E-state index contributed by atoms with van der Waals surface area (Å²) in [6, 6.07) is 7.85. The molecule has 2 heteroatoms. The normalized spacial score (nSPS) is 18.4. The molecule has 1 aromatic rings. The number of benzene rings is 1. The van der Waals surface area contributed by atoms with Gasteiger partial charge in [-0.15, -0.1) is 0 Å². The first-order valence-corrected chi connectivity index (χ1v) is 5.16. The largest absolute Gasteiger partial charge is 0.491 e. The third-order valence-electron chi connectivity index (χ3n) is 2.66.